The number of fused-ring (bicyclic) bond motifs is 1. The fourth-order valence-electron chi connectivity index (χ4n) is 1.61. The van der Waals surface area contributed by atoms with Gasteiger partial charge in [-0.2, -0.15) is 0 Å². The van der Waals surface area contributed by atoms with E-state index in [-0.39, 0.29) is 0 Å². The Labute approximate surface area is 127 Å². The maximum Gasteiger partial charge on any atom is 0.119 e. The molecule has 0 aliphatic heterocycles. The van der Waals surface area contributed by atoms with Gasteiger partial charge in [-0.15, -0.1) is 0 Å². The first-order valence-corrected chi connectivity index (χ1v) is 7.41. The van der Waals surface area contributed by atoms with Crippen LogP contribution >= 0.6 is 39.3 Å². The second kappa shape index (κ2) is 5.45. The number of aromatic nitrogens is 3. The summed E-state index contributed by atoms with van der Waals surface area (Å²) in [7, 11) is 0. The van der Waals surface area contributed by atoms with Crippen molar-refractivity contribution in [1.29, 1.82) is 0 Å². The van der Waals surface area contributed by atoms with E-state index in [1.165, 1.54) is 11.8 Å². The summed E-state index contributed by atoms with van der Waals surface area (Å²) in [6.07, 6.45) is 5.24. The Bertz CT molecular complexity index is 751. The van der Waals surface area contributed by atoms with Crippen LogP contribution in [0.4, 0.5) is 0 Å². The Balaban J connectivity index is 2.09. The predicted molar refractivity (Wildman–Crippen MR) is 80.6 cm³/mol. The fraction of sp³-hybridized carbons (Fsp3) is 0. The van der Waals surface area contributed by atoms with Gasteiger partial charge in [0.1, 0.15) is 10.5 Å². The van der Waals surface area contributed by atoms with Crippen LogP contribution < -0.4 is 0 Å². The van der Waals surface area contributed by atoms with Crippen LogP contribution in [0.25, 0.3) is 11.0 Å². The van der Waals surface area contributed by atoms with Crippen molar-refractivity contribution in [3.63, 3.8) is 0 Å². The molecule has 3 nitrogen and oxygen atoms in total. The SMILES string of the molecule is Clc1cccnc1Sc1ccnc2cc(Br)cnc12. The van der Waals surface area contributed by atoms with E-state index in [4.69, 9.17) is 11.6 Å². The minimum atomic E-state index is 0.634. The van der Waals surface area contributed by atoms with Crippen LogP contribution in [0.15, 0.2) is 57.3 Å². The van der Waals surface area contributed by atoms with E-state index >= 15 is 0 Å². The molecule has 0 saturated heterocycles. The molecule has 0 bridgehead atoms. The van der Waals surface area contributed by atoms with Crippen molar-refractivity contribution in [3.05, 3.63) is 52.4 Å². The molecule has 0 aromatic carbocycles. The quantitative estimate of drug-likeness (QED) is 0.676. The van der Waals surface area contributed by atoms with Crippen LogP contribution in [0, 0.1) is 0 Å². The number of rotatable bonds is 2. The Kier molecular flexibility index (Phi) is 3.68. The van der Waals surface area contributed by atoms with Gasteiger partial charge in [0.25, 0.3) is 0 Å². The summed E-state index contributed by atoms with van der Waals surface area (Å²) in [5.74, 6) is 0. The van der Waals surface area contributed by atoms with Crippen molar-refractivity contribution in [2.45, 2.75) is 9.92 Å². The van der Waals surface area contributed by atoms with E-state index in [0.717, 1.165) is 25.4 Å². The van der Waals surface area contributed by atoms with Crippen molar-refractivity contribution in [3.8, 4) is 0 Å². The lowest BCUT2D eigenvalue weighted by Crippen LogP contribution is -1.87. The predicted octanol–water partition coefficient (Wildman–Crippen LogP) is 4.59. The molecule has 3 aromatic rings. The summed E-state index contributed by atoms with van der Waals surface area (Å²) in [5, 5.41) is 1.40. The highest BCUT2D eigenvalue weighted by molar-refractivity contribution is 9.10. The molecule has 0 saturated carbocycles. The zero-order chi connectivity index (χ0) is 13.2. The average molecular weight is 353 g/mol. The second-order valence-corrected chi connectivity index (χ2v) is 6.08. The average Bonchev–Trinajstić information content (AvgIpc) is 2.41. The van der Waals surface area contributed by atoms with E-state index in [1.54, 1.807) is 18.6 Å². The molecular formula is C13H7BrClN3S. The fourth-order valence-corrected chi connectivity index (χ4v) is 3.04. The Morgan fingerprint density at radius 1 is 1.11 bits per heavy atom. The van der Waals surface area contributed by atoms with E-state index in [0.29, 0.717) is 5.02 Å². The first kappa shape index (κ1) is 12.8. The molecule has 6 heteroatoms. The molecule has 19 heavy (non-hydrogen) atoms. The second-order valence-electron chi connectivity index (χ2n) is 3.72. The summed E-state index contributed by atoms with van der Waals surface area (Å²) in [4.78, 5) is 14.0. The summed E-state index contributed by atoms with van der Waals surface area (Å²) in [5.41, 5.74) is 1.68. The largest absolute Gasteiger partial charge is 0.254 e. The molecule has 0 atom stereocenters. The molecule has 3 heterocycles. The van der Waals surface area contributed by atoms with Gasteiger partial charge in [0.2, 0.25) is 0 Å². The van der Waals surface area contributed by atoms with Crippen molar-refractivity contribution >= 4 is 50.3 Å². The first-order valence-electron chi connectivity index (χ1n) is 5.43. The van der Waals surface area contributed by atoms with Crippen molar-refractivity contribution in [1.82, 2.24) is 15.0 Å². The lowest BCUT2D eigenvalue weighted by molar-refractivity contribution is 1.13. The van der Waals surface area contributed by atoms with E-state index < -0.39 is 0 Å². The summed E-state index contributed by atoms with van der Waals surface area (Å²) in [6.45, 7) is 0. The van der Waals surface area contributed by atoms with Gasteiger partial charge in [-0.05, 0) is 40.2 Å². The molecule has 3 rings (SSSR count). The summed E-state index contributed by atoms with van der Waals surface area (Å²) < 4.78 is 0.908. The monoisotopic (exact) mass is 351 g/mol. The molecule has 0 spiro atoms. The molecule has 94 valence electrons. The van der Waals surface area contributed by atoms with Gasteiger partial charge in [0.15, 0.2) is 0 Å². The molecule has 0 fully saturated rings. The minimum Gasteiger partial charge on any atom is -0.254 e. The van der Waals surface area contributed by atoms with Crippen molar-refractivity contribution < 1.29 is 0 Å². The van der Waals surface area contributed by atoms with Gasteiger partial charge < -0.3 is 0 Å². The summed E-state index contributed by atoms with van der Waals surface area (Å²) in [6, 6.07) is 7.49. The highest BCUT2D eigenvalue weighted by Crippen LogP contribution is 2.34. The van der Waals surface area contributed by atoms with Crippen LogP contribution in [0.2, 0.25) is 5.02 Å². The number of halogens is 2. The van der Waals surface area contributed by atoms with Crippen molar-refractivity contribution in [2.24, 2.45) is 0 Å². The molecule has 0 aliphatic carbocycles. The molecular weight excluding hydrogens is 346 g/mol. The van der Waals surface area contributed by atoms with Gasteiger partial charge in [-0.25, -0.2) is 4.98 Å². The Morgan fingerprint density at radius 2 is 2.00 bits per heavy atom. The molecule has 0 unspecified atom stereocenters. The van der Waals surface area contributed by atoms with Crippen LogP contribution in [0.1, 0.15) is 0 Å². The molecule has 0 radical (unpaired) electrons. The third-order valence-corrected chi connectivity index (χ3v) is 4.36. The maximum atomic E-state index is 6.12. The highest BCUT2D eigenvalue weighted by atomic mass is 79.9. The molecule has 0 aliphatic rings. The molecule has 3 aromatic heterocycles. The van der Waals surface area contributed by atoms with Crippen LogP contribution in [-0.2, 0) is 0 Å². The maximum absolute atomic E-state index is 6.12. The van der Waals surface area contributed by atoms with E-state index in [1.807, 2.05) is 24.3 Å². The number of hydrogen-bond donors (Lipinski definition) is 0. The zero-order valence-electron chi connectivity index (χ0n) is 9.55. The Morgan fingerprint density at radius 3 is 2.84 bits per heavy atom. The minimum absolute atomic E-state index is 0.634. The lowest BCUT2D eigenvalue weighted by atomic mass is 10.3. The molecule has 0 N–H and O–H groups in total. The third-order valence-electron chi connectivity index (χ3n) is 2.44. The van der Waals surface area contributed by atoms with E-state index in [9.17, 15) is 0 Å². The number of hydrogen-bond acceptors (Lipinski definition) is 4. The van der Waals surface area contributed by atoms with E-state index in [2.05, 4.69) is 30.9 Å². The van der Waals surface area contributed by atoms with Crippen LogP contribution in [0.3, 0.4) is 0 Å². The standard InChI is InChI=1S/C13H7BrClN3S/c14-8-6-10-12(18-7-8)11(3-5-16-10)19-13-9(15)2-1-4-17-13/h1-7H. The molecule has 0 amide bonds. The highest BCUT2D eigenvalue weighted by Gasteiger charge is 2.09. The topological polar surface area (TPSA) is 38.7 Å². The first-order chi connectivity index (χ1) is 9.24. The third kappa shape index (κ3) is 2.73. The number of nitrogens with zero attached hydrogens (tertiary/aromatic N) is 3. The van der Waals surface area contributed by atoms with Gasteiger partial charge in [-0.1, -0.05) is 23.4 Å². The van der Waals surface area contributed by atoms with Crippen molar-refractivity contribution in [2.75, 3.05) is 0 Å². The van der Waals surface area contributed by atoms with Gasteiger partial charge >= 0.3 is 0 Å². The number of pyridine rings is 3. The zero-order valence-corrected chi connectivity index (χ0v) is 12.7. The van der Waals surface area contributed by atoms with Gasteiger partial charge in [0.05, 0.1) is 10.5 Å². The Hall–Kier alpha value is -1.17. The van der Waals surface area contributed by atoms with Gasteiger partial charge in [-0.3, -0.25) is 9.97 Å². The van der Waals surface area contributed by atoms with Crippen LogP contribution in [0.5, 0.6) is 0 Å². The smallest absolute Gasteiger partial charge is 0.119 e. The lowest BCUT2D eigenvalue weighted by Gasteiger charge is -2.05. The summed E-state index contributed by atoms with van der Waals surface area (Å²) >= 11 is 11.0. The van der Waals surface area contributed by atoms with Crippen LogP contribution in [-0.4, -0.2) is 15.0 Å². The van der Waals surface area contributed by atoms with Gasteiger partial charge in [0, 0.05) is 28.0 Å². The normalized spacial score (nSPS) is 10.8.